The minimum atomic E-state index is -3.90. The number of fused-ring (bicyclic) bond motifs is 3. The largest absolute Gasteiger partial charge is 0.493 e. The van der Waals surface area contributed by atoms with Gasteiger partial charge in [-0.3, -0.25) is 28.9 Å². The van der Waals surface area contributed by atoms with E-state index in [1.165, 1.54) is 11.0 Å². The number of carbonyl (C=O) groups excluding carboxylic acids is 4. The van der Waals surface area contributed by atoms with Crippen LogP contribution in [0, 0.1) is 17.3 Å². The zero-order chi connectivity index (χ0) is 41.0. The van der Waals surface area contributed by atoms with E-state index in [9.17, 15) is 27.6 Å². The number of aromatic nitrogens is 2. The number of benzene rings is 1. The van der Waals surface area contributed by atoms with Crippen molar-refractivity contribution in [3.05, 3.63) is 60.8 Å². The summed E-state index contributed by atoms with van der Waals surface area (Å²) in [7, 11) is -3.90. The lowest BCUT2D eigenvalue weighted by Gasteiger charge is -2.36. The zero-order valence-electron chi connectivity index (χ0n) is 33.4. The van der Waals surface area contributed by atoms with Gasteiger partial charge in [-0.15, -0.1) is 6.58 Å². The third-order valence-electron chi connectivity index (χ3n) is 12.4. The van der Waals surface area contributed by atoms with Crippen molar-refractivity contribution >= 4 is 44.6 Å². The molecule has 2 saturated heterocycles. The van der Waals surface area contributed by atoms with Crippen LogP contribution in [0.2, 0.25) is 0 Å². The summed E-state index contributed by atoms with van der Waals surface area (Å²) in [6.07, 6.45) is 7.26. The number of sulfonamides is 1. The van der Waals surface area contributed by atoms with Gasteiger partial charge in [0.2, 0.25) is 27.7 Å². The molecule has 2 N–H and O–H groups in total. The highest BCUT2D eigenvalue weighted by Gasteiger charge is 2.62. The fourth-order valence-corrected chi connectivity index (χ4v) is 10.0. The van der Waals surface area contributed by atoms with E-state index in [2.05, 4.69) is 21.6 Å². The van der Waals surface area contributed by atoms with Crippen molar-refractivity contribution in [2.75, 3.05) is 26.2 Å². The Hall–Kier alpha value is -5.05. The van der Waals surface area contributed by atoms with Gasteiger partial charge in [0.15, 0.2) is 0 Å². The Morgan fingerprint density at radius 1 is 1.09 bits per heavy atom. The molecule has 14 nitrogen and oxygen atoms in total. The van der Waals surface area contributed by atoms with Crippen LogP contribution in [0.3, 0.4) is 0 Å². The van der Waals surface area contributed by atoms with Crippen LogP contribution in [0.5, 0.6) is 11.5 Å². The number of pyridine rings is 2. The van der Waals surface area contributed by atoms with Crippen molar-refractivity contribution in [1.29, 1.82) is 0 Å². The van der Waals surface area contributed by atoms with Gasteiger partial charge >= 0.3 is 0 Å². The molecule has 5 atom stereocenters. The highest BCUT2D eigenvalue weighted by molar-refractivity contribution is 7.91. The lowest BCUT2D eigenvalue weighted by molar-refractivity contribution is -0.148. The lowest BCUT2D eigenvalue weighted by Crippen LogP contribution is -2.57. The van der Waals surface area contributed by atoms with E-state index < -0.39 is 62.0 Å². The summed E-state index contributed by atoms with van der Waals surface area (Å²) in [5.74, 6) is -1.90. The van der Waals surface area contributed by atoms with Gasteiger partial charge in [-0.25, -0.2) is 13.4 Å². The van der Waals surface area contributed by atoms with E-state index in [0.29, 0.717) is 56.1 Å². The first-order valence-corrected chi connectivity index (χ1v) is 22.0. The normalized spacial score (nSPS) is 24.7. The Balaban J connectivity index is 1.12. The van der Waals surface area contributed by atoms with Gasteiger partial charge in [0, 0.05) is 61.5 Å². The second-order valence-electron chi connectivity index (χ2n) is 17.5. The van der Waals surface area contributed by atoms with Gasteiger partial charge in [-0.05, 0) is 68.2 Å². The molecule has 1 unspecified atom stereocenters. The van der Waals surface area contributed by atoms with Gasteiger partial charge < -0.3 is 24.6 Å². The van der Waals surface area contributed by atoms with Crippen LogP contribution < -0.4 is 19.5 Å². The van der Waals surface area contributed by atoms with Gasteiger partial charge in [-0.1, -0.05) is 32.9 Å². The van der Waals surface area contributed by atoms with Crippen LogP contribution >= 0.6 is 0 Å². The highest BCUT2D eigenvalue weighted by atomic mass is 32.2. The van der Waals surface area contributed by atoms with E-state index >= 15 is 0 Å². The van der Waals surface area contributed by atoms with E-state index in [1.807, 2.05) is 62.1 Å². The second-order valence-corrected chi connectivity index (χ2v) is 19.4. The number of hydrogen-bond donors (Lipinski definition) is 2. The van der Waals surface area contributed by atoms with Crippen LogP contribution in [0.25, 0.3) is 22.3 Å². The summed E-state index contributed by atoms with van der Waals surface area (Å²) in [5, 5.41) is 2.99. The summed E-state index contributed by atoms with van der Waals surface area (Å²) in [5.41, 5.74) is 0.726. The number of nitrogens with zero attached hydrogens (tertiary/aromatic N) is 4. The number of nitrogens with one attached hydrogen (secondary N) is 2. The Kier molecular flexibility index (Phi) is 10.5. The average molecular weight is 813 g/mol. The average Bonchev–Trinajstić information content (AvgIpc) is 4.09. The first-order chi connectivity index (χ1) is 27.7. The second kappa shape index (κ2) is 15.3. The third kappa shape index (κ3) is 7.76. The van der Waals surface area contributed by atoms with Crippen molar-refractivity contribution in [3.8, 4) is 22.9 Å². The molecule has 0 radical (unpaired) electrons. The van der Waals surface area contributed by atoms with Crippen LogP contribution in [0.1, 0.15) is 77.7 Å². The van der Waals surface area contributed by atoms with Crippen LogP contribution in [0.15, 0.2) is 55.3 Å². The molecular formula is C43H52N6O8S. The SMILES string of the molecule is C=CC1C[C@]1(NC(=O)[C@@H]1C[C@@H](Oc2cc(-c3ccccn3)nc3c4c(ccc23)OCC4)CN1C(=O)[C@@H](CC(=O)N1CCCCC1)C(C)(C)C)C(=O)NS(=O)(=O)C1CC1. The Bertz CT molecular complexity index is 2250. The molecule has 3 aromatic rings. The topological polar surface area (TPSA) is 177 Å². The summed E-state index contributed by atoms with van der Waals surface area (Å²) < 4.78 is 40.5. The third-order valence-corrected chi connectivity index (χ3v) is 14.2. The van der Waals surface area contributed by atoms with Crippen LogP contribution in [-0.2, 0) is 35.6 Å². The van der Waals surface area contributed by atoms with E-state index in [1.54, 1.807) is 6.20 Å². The zero-order valence-corrected chi connectivity index (χ0v) is 34.2. The van der Waals surface area contributed by atoms with Crippen molar-refractivity contribution in [3.63, 3.8) is 0 Å². The molecule has 15 heteroatoms. The molecule has 308 valence electrons. The fourth-order valence-electron chi connectivity index (χ4n) is 8.67. The number of piperidine rings is 1. The lowest BCUT2D eigenvalue weighted by atomic mass is 9.77. The van der Waals surface area contributed by atoms with Crippen molar-refractivity contribution < 1.29 is 37.1 Å². The summed E-state index contributed by atoms with van der Waals surface area (Å²) in [6, 6.07) is 10.1. The molecule has 5 heterocycles. The number of likely N-dealkylation sites (tertiary alicyclic amines) is 2. The molecule has 2 aliphatic carbocycles. The Morgan fingerprint density at radius 3 is 2.53 bits per heavy atom. The monoisotopic (exact) mass is 812 g/mol. The molecule has 1 aromatic carbocycles. The molecule has 3 aliphatic heterocycles. The minimum Gasteiger partial charge on any atom is -0.493 e. The quantitative estimate of drug-likeness (QED) is 0.251. The molecule has 0 spiro atoms. The first kappa shape index (κ1) is 39.8. The summed E-state index contributed by atoms with van der Waals surface area (Å²) in [6.45, 7) is 11.4. The molecule has 0 bridgehead atoms. The Morgan fingerprint density at radius 2 is 1.86 bits per heavy atom. The van der Waals surface area contributed by atoms with Gasteiger partial charge in [0.1, 0.15) is 29.2 Å². The predicted molar refractivity (Wildman–Crippen MR) is 216 cm³/mol. The van der Waals surface area contributed by atoms with Crippen LogP contribution in [-0.4, -0.2) is 101 Å². The summed E-state index contributed by atoms with van der Waals surface area (Å²) >= 11 is 0. The minimum absolute atomic E-state index is 0.0157. The number of carbonyl (C=O) groups is 4. The molecule has 5 aliphatic rings. The maximum absolute atomic E-state index is 14.9. The first-order valence-electron chi connectivity index (χ1n) is 20.4. The fraction of sp³-hybridized carbons (Fsp3) is 0.535. The molecule has 4 amide bonds. The summed E-state index contributed by atoms with van der Waals surface area (Å²) in [4.78, 5) is 69.7. The van der Waals surface area contributed by atoms with Crippen LogP contribution in [0.4, 0.5) is 0 Å². The molecule has 4 fully saturated rings. The number of ether oxygens (including phenoxy) is 2. The number of hydrogen-bond acceptors (Lipinski definition) is 10. The molecular weight excluding hydrogens is 761 g/mol. The van der Waals surface area contributed by atoms with E-state index in [4.69, 9.17) is 14.5 Å². The van der Waals surface area contributed by atoms with E-state index in [0.717, 1.165) is 41.5 Å². The smallest absolute Gasteiger partial charge is 0.259 e. The van der Waals surface area contributed by atoms with Crippen molar-refractivity contribution in [1.82, 2.24) is 29.8 Å². The maximum atomic E-state index is 14.9. The predicted octanol–water partition coefficient (Wildman–Crippen LogP) is 4.31. The van der Waals surface area contributed by atoms with Gasteiger partial charge in [0.05, 0.1) is 41.2 Å². The number of rotatable bonds is 12. The van der Waals surface area contributed by atoms with E-state index in [-0.39, 0.29) is 37.6 Å². The van der Waals surface area contributed by atoms with Crippen molar-refractivity contribution in [2.24, 2.45) is 17.3 Å². The molecule has 8 rings (SSSR count). The Labute approximate surface area is 339 Å². The van der Waals surface area contributed by atoms with Gasteiger partial charge in [0.25, 0.3) is 5.91 Å². The maximum Gasteiger partial charge on any atom is 0.259 e. The van der Waals surface area contributed by atoms with Crippen molar-refractivity contribution in [2.45, 2.75) is 101 Å². The molecule has 2 saturated carbocycles. The molecule has 58 heavy (non-hydrogen) atoms. The van der Waals surface area contributed by atoms with Gasteiger partial charge in [-0.2, -0.15) is 0 Å². The number of amides is 4. The molecule has 2 aromatic heterocycles. The highest BCUT2D eigenvalue weighted by Crippen LogP contribution is 2.46. The standard InChI is InChI=1S/C43H52N6O8S/c1-5-26-24-43(26,41(53)47-58(54,55)28-12-13-28)46-39(51)34-21-27(25-49(34)40(52)31(42(2,3)4)22-37(50)48-18-9-6-10-19-48)57-36-23-33(32-11-7-8-17-44-32)45-38-29(36)14-15-35-30(38)16-20-56-35/h5,7-8,11,14-15,17,23,26-28,31,34H,1,6,9-10,12-13,16,18-22,24-25H2,2-4H3,(H,46,51)(H,47,53)/t26?,27-,31-,34+,43-/m1/s1.